The summed E-state index contributed by atoms with van der Waals surface area (Å²) in [7, 11) is 1.63. The van der Waals surface area contributed by atoms with Gasteiger partial charge in [0.15, 0.2) is 0 Å². The van der Waals surface area contributed by atoms with Gasteiger partial charge in [0.2, 0.25) is 0 Å². The Morgan fingerprint density at radius 2 is 1.75 bits per heavy atom. The Kier molecular flexibility index (Phi) is 4.18. The van der Waals surface area contributed by atoms with E-state index in [0.717, 1.165) is 55.6 Å². The normalized spacial score (nSPS) is 11.3. The number of hydrogen-bond acceptors (Lipinski definition) is 5. The fourth-order valence-corrected chi connectivity index (χ4v) is 4.01. The zero-order chi connectivity index (χ0) is 21.5. The molecule has 2 N–H and O–H groups in total. The molecular formula is C25H18N6O. The van der Waals surface area contributed by atoms with E-state index in [1.54, 1.807) is 31.9 Å². The summed E-state index contributed by atoms with van der Waals surface area (Å²) in [5, 5.41) is 9.78. The van der Waals surface area contributed by atoms with E-state index in [0.29, 0.717) is 5.75 Å². The van der Waals surface area contributed by atoms with Crippen LogP contribution < -0.4 is 4.74 Å². The lowest BCUT2D eigenvalue weighted by atomic mass is 10.0. The van der Waals surface area contributed by atoms with Crippen LogP contribution in [0.2, 0.25) is 0 Å². The molecule has 0 atom stereocenters. The molecular weight excluding hydrogens is 400 g/mol. The van der Waals surface area contributed by atoms with E-state index >= 15 is 0 Å². The zero-order valence-electron chi connectivity index (χ0n) is 17.2. The first-order valence-corrected chi connectivity index (χ1v) is 10.2. The van der Waals surface area contributed by atoms with Crippen molar-refractivity contribution in [3.8, 4) is 39.5 Å². The van der Waals surface area contributed by atoms with Gasteiger partial charge in [-0.25, -0.2) is 0 Å². The Morgan fingerprint density at radius 1 is 0.812 bits per heavy atom. The molecule has 0 fully saturated rings. The van der Waals surface area contributed by atoms with Gasteiger partial charge in [-0.3, -0.25) is 20.1 Å². The number of H-pyrrole nitrogens is 2. The van der Waals surface area contributed by atoms with Crippen LogP contribution >= 0.6 is 0 Å². The first kappa shape index (κ1) is 18.3. The van der Waals surface area contributed by atoms with Gasteiger partial charge in [-0.1, -0.05) is 18.2 Å². The molecule has 5 aromatic heterocycles. The van der Waals surface area contributed by atoms with Crippen molar-refractivity contribution in [2.75, 3.05) is 7.11 Å². The minimum Gasteiger partial charge on any atom is -0.495 e. The molecule has 1 aromatic carbocycles. The van der Waals surface area contributed by atoms with E-state index in [4.69, 9.17) is 4.74 Å². The van der Waals surface area contributed by atoms with Gasteiger partial charge in [-0.15, -0.1) is 0 Å². The van der Waals surface area contributed by atoms with Crippen molar-refractivity contribution in [3.05, 3.63) is 79.5 Å². The number of ether oxygens (including phenoxy) is 1. The Labute approximate surface area is 183 Å². The number of hydrogen-bond donors (Lipinski definition) is 2. The monoisotopic (exact) mass is 418 g/mol. The molecule has 0 aliphatic heterocycles. The minimum atomic E-state index is 0.690. The predicted octanol–water partition coefficient (Wildman–Crippen LogP) is 5.24. The number of rotatable bonds is 4. The molecule has 154 valence electrons. The summed E-state index contributed by atoms with van der Waals surface area (Å²) in [5.74, 6) is 0.690. The molecule has 6 rings (SSSR count). The molecule has 0 unspecified atom stereocenters. The van der Waals surface area contributed by atoms with Gasteiger partial charge in [-0.2, -0.15) is 5.10 Å². The first-order valence-electron chi connectivity index (χ1n) is 10.2. The van der Waals surface area contributed by atoms with Gasteiger partial charge in [-0.05, 0) is 35.9 Å². The Bertz CT molecular complexity index is 1570. The summed E-state index contributed by atoms with van der Waals surface area (Å²) >= 11 is 0. The average Bonchev–Trinajstić information content (AvgIpc) is 3.48. The van der Waals surface area contributed by atoms with E-state index < -0.39 is 0 Å². The Hall–Kier alpha value is -4.52. The number of methoxy groups -OCH3 is 1. The van der Waals surface area contributed by atoms with E-state index in [-0.39, 0.29) is 0 Å². The third-order valence-corrected chi connectivity index (χ3v) is 5.58. The third kappa shape index (κ3) is 2.99. The molecule has 7 heteroatoms. The van der Waals surface area contributed by atoms with Crippen LogP contribution in [-0.2, 0) is 0 Å². The van der Waals surface area contributed by atoms with Gasteiger partial charge in [0.1, 0.15) is 11.4 Å². The summed E-state index contributed by atoms with van der Waals surface area (Å²) < 4.78 is 5.30. The van der Waals surface area contributed by atoms with Crippen LogP contribution in [0.5, 0.6) is 5.75 Å². The summed E-state index contributed by atoms with van der Waals surface area (Å²) in [4.78, 5) is 16.6. The molecule has 32 heavy (non-hydrogen) atoms. The molecule has 0 radical (unpaired) electrons. The Morgan fingerprint density at radius 3 is 2.62 bits per heavy atom. The van der Waals surface area contributed by atoms with Gasteiger partial charge >= 0.3 is 0 Å². The van der Waals surface area contributed by atoms with Gasteiger partial charge in [0.25, 0.3) is 0 Å². The number of aromatic nitrogens is 6. The highest BCUT2D eigenvalue weighted by Crippen LogP contribution is 2.34. The average molecular weight is 418 g/mol. The lowest BCUT2D eigenvalue weighted by Gasteiger charge is -2.04. The highest BCUT2D eigenvalue weighted by Gasteiger charge is 2.15. The lowest BCUT2D eigenvalue weighted by molar-refractivity contribution is 0.413. The van der Waals surface area contributed by atoms with Crippen LogP contribution in [0.25, 0.3) is 55.6 Å². The standard InChI is InChI=1S/C25H18N6O/c1-32-17-8-16(12-27-13-17)22-10-20-24(14-28-22)30-31-25(20)23-9-19-18(5-2-6-21(19)29-23)15-4-3-7-26-11-15/h2-14,29H,1H3,(H,30,31). The molecule has 0 saturated carbocycles. The largest absolute Gasteiger partial charge is 0.495 e. The Balaban J connectivity index is 1.50. The van der Waals surface area contributed by atoms with Crippen LogP contribution in [-0.4, -0.2) is 37.2 Å². The molecule has 7 nitrogen and oxygen atoms in total. The maximum absolute atomic E-state index is 5.30. The lowest BCUT2D eigenvalue weighted by Crippen LogP contribution is -1.88. The number of aromatic amines is 2. The van der Waals surface area contributed by atoms with E-state index in [2.05, 4.69) is 54.4 Å². The van der Waals surface area contributed by atoms with Gasteiger partial charge in [0, 0.05) is 46.0 Å². The van der Waals surface area contributed by atoms with Gasteiger partial charge in [0.05, 0.1) is 36.4 Å². The number of nitrogens with zero attached hydrogens (tertiary/aromatic N) is 4. The number of pyridine rings is 3. The summed E-state index contributed by atoms with van der Waals surface area (Å²) in [6, 6.07) is 16.3. The first-order chi connectivity index (χ1) is 15.8. The minimum absolute atomic E-state index is 0.690. The van der Waals surface area contributed by atoms with Crippen LogP contribution in [0.4, 0.5) is 0 Å². The van der Waals surface area contributed by atoms with Crippen molar-refractivity contribution in [1.29, 1.82) is 0 Å². The summed E-state index contributed by atoms with van der Waals surface area (Å²) in [5.41, 5.74) is 7.58. The maximum Gasteiger partial charge on any atom is 0.137 e. The van der Waals surface area contributed by atoms with Gasteiger partial charge < -0.3 is 9.72 Å². The molecule has 6 aromatic rings. The smallest absolute Gasteiger partial charge is 0.137 e. The van der Waals surface area contributed by atoms with E-state index in [1.807, 2.05) is 30.5 Å². The zero-order valence-corrected chi connectivity index (χ0v) is 17.2. The van der Waals surface area contributed by atoms with E-state index in [1.165, 1.54) is 0 Å². The molecule has 0 aliphatic rings. The van der Waals surface area contributed by atoms with E-state index in [9.17, 15) is 0 Å². The number of benzene rings is 1. The second kappa shape index (κ2) is 7.31. The molecule has 5 heterocycles. The molecule has 0 spiro atoms. The van der Waals surface area contributed by atoms with Crippen molar-refractivity contribution in [2.24, 2.45) is 0 Å². The number of fused-ring (bicyclic) bond motifs is 2. The highest BCUT2D eigenvalue weighted by atomic mass is 16.5. The van der Waals surface area contributed by atoms with Crippen molar-refractivity contribution < 1.29 is 4.74 Å². The SMILES string of the molecule is COc1cncc(-c2cc3c(-c4cc5c(-c6cccnc6)cccc5[nH]4)n[nH]c3cn2)c1. The molecule has 0 amide bonds. The van der Waals surface area contributed by atoms with Crippen molar-refractivity contribution in [1.82, 2.24) is 30.1 Å². The molecule has 0 bridgehead atoms. The second-order valence-corrected chi connectivity index (χ2v) is 7.49. The van der Waals surface area contributed by atoms with Crippen LogP contribution in [0.3, 0.4) is 0 Å². The molecule has 0 aliphatic carbocycles. The summed E-state index contributed by atoms with van der Waals surface area (Å²) in [6.45, 7) is 0. The topological polar surface area (TPSA) is 92.4 Å². The van der Waals surface area contributed by atoms with Crippen LogP contribution in [0, 0.1) is 0 Å². The van der Waals surface area contributed by atoms with Crippen LogP contribution in [0.1, 0.15) is 0 Å². The van der Waals surface area contributed by atoms with Crippen molar-refractivity contribution in [2.45, 2.75) is 0 Å². The second-order valence-electron chi connectivity index (χ2n) is 7.49. The predicted molar refractivity (Wildman–Crippen MR) is 124 cm³/mol. The van der Waals surface area contributed by atoms with Crippen LogP contribution in [0.15, 0.2) is 79.5 Å². The van der Waals surface area contributed by atoms with Crippen molar-refractivity contribution in [3.63, 3.8) is 0 Å². The maximum atomic E-state index is 5.30. The highest BCUT2D eigenvalue weighted by molar-refractivity contribution is 6.01. The molecule has 0 saturated heterocycles. The van der Waals surface area contributed by atoms with Crippen molar-refractivity contribution >= 4 is 21.8 Å². The summed E-state index contributed by atoms with van der Waals surface area (Å²) in [6.07, 6.45) is 8.91. The quantitative estimate of drug-likeness (QED) is 0.408. The fourth-order valence-electron chi connectivity index (χ4n) is 4.01. The fraction of sp³-hybridized carbons (Fsp3) is 0.0400. The third-order valence-electron chi connectivity index (χ3n) is 5.58. The number of nitrogens with one attached hydrogen (secondary N) is 2.